The van der Waals surface area contributed by atoms with Crippen molar-refractivity contribution in [3.63, 3.8) is 0 Å². The quantitative estimate of drug-likeness (QED) is 0.647. The lowest BCUT2D eigenvalue weighted by Gasteiger charge is -2.12. The number of carbonyl (C=O) groups excluding carboxylic acids is 2. The van der Waals surface area contributed by atoms with Gasteiger partial charge in [-0.1, -0.05) is 32.0 Å². The summed E-state index contributed by atoms with van der Waals surface area (Å²) in [6.07, 6.45) is 1.60. The van der Waals surface area contributed by atoms with Crippen LogP contribution < -0.4 is 15.4 Å². The molecule has 2 N–H and O–H groups in total. The summed E-state index contributed by atoms with van der Waals surface area (Å²) in [5, 5.41) is 5.60. The van der Waals surface area contributed by atoms with Crippen LogP contribution in [0.1, 0.15) is 44.2 Å². The highest BCUT2D eigenvalue weighted by Crippen LogP contribution is 2.22. The van der Waals surface area contributed by atoms with Gasteiger partial charge in [0, 0.05) is 25.9 Å². The van der Waals surface area contributed by atoms with Crippen LogP contribution in [0.4, 0.5) is 0 Å². The normalized spacial score (nSPS) is 10.5. The van der Waals surface area contributed by atoms with E-state index in [9.17, 15) is 9.59 Å². The summed E-state index contributed by atoms with van der Waals surface area (Å²) in [6.45, 7) is 9.48. The summed E-state index contributed by atoms with van der Waals surface area (Å²) in [7, 11) is 0. The van der Waals surface area contributed by atoms with Crippen molar-refractivity contribution < 1.29 is 14.3 Å². The van der Waals surface area contributed by atoms with Gasteiger partial charge in [-0.2, -0.15) is 0 Å². The van der Waals surface area contributed by atoms with Crippen LogP contribution in [0.25, 0.3) is 0 Å². The Morgan fingerprint density at radius 1 is 1.04 bits per heavy atom. The molecule has 134 valence electrons. The van der Waals surface area contributed by atoms with Gasteiger partial charge < -0.3 is 15.4 Å². The van der Waals surface area contributed by atoms with E-state index in [-0.39, 0.29) is 11.8 Å². The van der Waals surface area contributed by atoms with E-state index in [1.165, 1.54) is 0 Å². The number of hydrogen-bond donors (Lipinski definition) is 2. The van der Waals surface area contributed by atoms with Crippen molar-refractivity contribution in [2.45, 2.75) is 47.0 Å². The number of nitrogens with one attached hydrogen (secondary N) is 2. The molecule has 0 saturated carbocycles. The second-order valence-corrected chi connectivity index (χ2v) is 6.47. The van der Waals surface area contributed by atoms with Gasteiger partial charge in [-0.15, -0.1) is 0 Å². The highest BCUT2D eigenvalue weighted by atomic mass is 16.5. The molecule has 0 aliphatic rings. The fraction of sp³-hybridized carbons (Fsp3) is 0.579. The third kappa shape index (κ3) is 7.99. The third-order valence-electron chi connectivity index (χ3n) is 3.57. The Labute approximate surface area is 145 Å². The molecule has 0 radical (unpaired) electrons. The first-order valence-electron chi connectivity index (χ1n) is 8.62. The molecule has 0 bridgehead atoms. The molecule has 0 aliphatic carbocycles. The van der Waals surface area contributed by atoms with E-state index in [1.54, 1.807) is 0 Å². The van der Waals surface area contributed by atoms with Crippen LogP contribution in [0.3, 0.4) is 0 Å². The number of ether oxygens (including phenoxy) is 1. The Morgan fingerprint density at radius 2 is 1.62 bits per heavy atom. The minimum absolute atomic E-state index is 0.0155. The van der Waals surface area contributed by atoms with E-state index in [2.05, 4.69) is 10.6 Å². The van der Waals surface area contributed by atoms with Crippen molar-refractivity contribution in [3.8, 4) is 5.75 Å². The smallest absolute Gasteiger partial charge is 0.220 e. The van der Waals surface area contributed by atoms with Crippen molar-refractivity contribution in [3.05, 3.63) is 29.3 Å². The number of benzene rings is 1. The number of amides is 2. The lowest BCUT2D eigenvalue weighted by atomic mass is 10.1. The van der Waals surface area contributed by atoms with Gasteiger partial charge in [0.05, 0.1) is 6.61 Å². The first kappa shape index (κ1) is 20.0. The molecule has 5 nitrogen and oxygen atoms in total. The van der Waals surface area contributed by atoms with Gasteiger partial charge in [0.15, 0.2) is 0 Å². The molecular weight excluding hydrogens is 304 g/mol. The van der Waals surface area contributed by atoms with Crippen LogP contribution in [0.5, 0.6) is 5.75 Å². The topological polar surface area (TPSA) is 67.4 Å². The van der Waals surface area contributed by atoms with Crippen molar-refractivity contribution in [1.82, 2.24) is 10.6 Å². The minimum atomic E-state index is -0.0155. The number of carbonyl (C=O) groups is 2. The molecule has 5 heteroatoms. The summed E-state index contributed by atoms with van der Waals surface area (Å²) < 4.78 is 5.77. The fourth-order valence-electron chi connectivity index (χ4n) is 2.37. The maximum atomic E-state index is 11.7. The van der Waals surface area contributed by atoms with Crippen LogP contribution in [0, 0.1) is 19.8 Å². The molecular formula is C19H30N2O3. The Hall–Kier alpha value is -2.04. The van der Waals surface area contributed by atoms with Crippen LogP contribution in [0.2, 0.25) is 0 Å². The molecule has 1 aromatic rings. The van der Waals surface area contributed by atoms with E-state index >= 15 is 0 Å². The van der Waals surface area contributed by atoms with Gasteiger partial charge in [-0.3, -0.25) is 9.59 Å². The lowest BCUT2D eigenvalue weighted by molar-refractivity contribution is -0.123. The average Bonchev–Trinajstić information content (AvgIpc) is 2.49. The Kier molecular flexibility index (Phi) is 8.90. The second kappa shape index (κ2) is 10.7. The molecule has 0 spiro atoms. The lowest BCUT2D eigenvalue weighted by Crippen LogP contribution is -2.35. The van der Waals surface area contributed by atoms with Crippen molar-refractivity contribution in [2.24, 2.45) is 5.92 Å². The summed E-state index contributed by atoms with van der Waals surface area (Å²) in [5.74, 6) is 1.27. The van der Waals surface area contributed by atoms with Crippen molar-refractivity contribution in [2.75, 3.05) is 19.7 Å². The molecule has 0 aromatic heterocycles. The second-order valence-electron chi connectivity index (χ2n) is 6.47. The standard InChI is InChI=1S/C19H30N2O3/c1-14(2)13-18(23)21-11-10-20-17(22)9-6-12-24-19-15(3)7-5-8-16(19)4/h5,7-8,14H,6,9-13H2,1-4H3,(H,20,22)(H,21,23). The van der Waals surface area contributed by atoms with Gasteiger partial charge in [0.1, 0.15) is 5.75 Å². The zero-order chi connectivity index (χ0) is 17.9. The molecule has 0 unspecified atom stereocenters. The summed E-state index contributed by atoms with van der Waals surface area (Å²) in [5.41, 5.74) is 2.22. The van der Waals surface area contributed by atoms with Crippen molar-refractivity contribution >= 4 is 11.8 Å². The van der Waals surface area contributed by atoms with Crippen LogP contribution >= 0.6 is 0 Å². The number of hydrogen-bond acceptors (Lipinski definition) is 3. The molecule has 0 heterocycles. The fourth-order valence-corrected chi connectivity index (χ4v) is 2.37. The van der Waals surface area contributed by atoms with E-state index < -0.39 is 0 Å². The highest BCUT2D eigenvalue weighted by molar-refractivity contribution is 5.77. The Balaban J connectivity index is 2.11. The zero-order valence-corrected chi connectivity index (χ0v) is 15.3. The number of aryl methyl sites for hydroxylation is 2. The number of para-hydroxylation sites is 1. The van der Waals surface area contributed by atoms with Crippen LogP contribution in [0.15, 0.2) is 18.2 Å². The van der Waals surface area contributed by atoms with Crippen LogP contribution in [-0.2, 0) is 9.59 Å². The monoisotopic (exact) mass is 334 g/mol. The maximum Gasteiger partial charge on any atom is 0.220 e. The first-order chi connectivity index (χ1) is 11.4. The first-order valence-corrected chi connectivity index (χ1v) is 8.62. The molecule has 2 amide bonds. The average molecular weight is 334 g/mol. The van der Waals surface area contributed by atoms with Crippen molar-refractivity contribution in [1.29, 1.82) is 0 Å². The van der Waals surface area contributed by atoms with Gasteiger partial charge in [-0.05, 0) is 37.3 Å². The zero-order valence-electron chi connectivity index (χ0n) is 15.3. The van der Waals surface area contributed by atoms with E-state index in [0.717, 1.165) is 16.9 Å². The Bertz CT molecular complexity index is 521. The SMILES string of the molecule is Cc1cccc(C)c1OCCCC(=O)NCCNC(=O)CC(C)C. The summed E-state index contributed by atoms with van der Waals surface area (Å²) in [4.78, 5) is 23.2. The maximum absolute atomic E-state index is 11.7. The molecule has 0 fully saturated rings. The largest absolute Gasteiger partial charge is 0.493 e. The molecule has 1 rings (SSSR count). The van der Waals surface area contributed by atoms with E-state index in [1.807, 2.05) is 45.9 Å². The molecule has 0 saturated heterocycles. The predicted molar refractivity (Wildman–Crippen MR) is 96.1 cm³/mol. The van der Waals surface area contributed by atoms with Gasteiger partial charge in [-0.25, -0.2) is 0 Å². The third-order valence-corrected chi connectivity index (χ3v) is 3.57. The molecule has 0 aliphatic heterocycles. The van der Waals surface area contributed by atoms with Gasteiger partial charge in [0.25, 0.3) is 0 Å². The molecule has 24 heavy (non-hydrogen) atoms. The van der Waals surface area contributed by atoms with Crippen LogP contribution in [-0.4, -0.2) is 31.5 Å². The van der Waals surface area contributed by atoms with E-state index in [0.29, 0.717) is 44.9 Å². The number of rotatable bonds is 10. The predicted octanol–water partition coefficient (Wildman–Crippen LogP) is 2.74. The minimum Gasteiger partial charge on any atom is -0.493 e. The summed E-state index contributed by atoms with van der Waals surface area (Å²) in [6, 6.07) is 6.04. The van der Waals surface area contributed by atoms with Gasteiger partial charge in [0.2, 0.25) is 11.8 Å². The summed E-state index contributed by atoms with van der Waals surface area (Å²) >= 11 is 0. The highest BCUT2D eigenvalue weighted by Gasteiger charge is 2.06. The van der Waals surface area contributed by atoms with Gasteiger partial charge >= 0.3 is 0 Å². The van der Waals surface area contributed by atoms with E-state index in [4.69, 9.17) is 4.74 Å². The molecule has 0 atom stereocenters. The molecule has 1 aromatic carbocycles. The Morgan fingerprint density at radius 3 is 2.21 bits per heavy atom.